The van der Waals surface area contributed by atoms with Crippen molar-refractivity contribution in [3.8, 4) is 5.69 Å². The number of aryl methyl sites for hydroxylation is 1. The smallest absolute Gasteiger partial charge is 0.256 e. The Hall–Kier alpha value is -2.54. The zero-order valence-electron chi connectivity index (χ0n) is 12.6. The topological polar surface area (TPSA) is 64.7 Å². The highest BCUT2D eigenvalue weighted by atomic mass is 32.2. The molecule has 1 N–H and O–H groups in total. The van der Waals surface area contributed by atoms with Crippen LogP contribution in [0.4, 0.5) is 5.82 Å². The van der Waals surface area contributed by atoms with E-state index in [4.69, 9.17) is 0 Å². The van der Waals surface area contributed by atoms with Crippen molar-refractivity contribution in [2.45, 2.75) is 11.5 Å². The number of amides is 1. The molecular weight excluding hydrogens is 310 g/mol. The van der Waals surface area contributed by atoms with Crippen LogP contribution in [0.1, 0.15) is 21.6 Å². The maximum atomic E-state index is 12.5. The van der Waals surface area contributed by atoms with Crippen LogP contribution in [0.25, 0.3) is 5.69 Å². The van der Waals surface area contributed by atoms with Crippen molar-refractivity contribution in [3.63, 3.8) is 0 Å². The van der Waals surface area contributed by atoms with Gasteiger partial charge in [-0.25, -0.2) is 4.98 Å². The van der Waals surface area contributed by atoms with E-state index in [1.54, 1.807) is 17.2 Å². The summed E-state index contributed by atoms with van der Waals surface area (Å²) in [5.41, 5.74) is 3.80. The van der Waals surface area contributed by atoms with E-state index < -0.39 is 0 Å². The molecule has 2 aromatic heterocycles. The van der Waals surface area contributed by atoms with Gasteiger partial charge in [0.2, 0.25) is 0 Å². The van der Waals surface area contributed by atoms with Gasteiger partial charge in [-0.15, -0.1) is 0 Å². The van der Waals surface area contributed by atoms with Gasteiger partial charge in [0.1, 0.15) is 5.82 Å². The molecular formula is C16H15N5OS. The highest BCUT2D eigenvalue weighted by Gasteiger charge is 2.22. The molecule has 0 saturated carbocycles. The minimum Gasteiger partial charge on any atom is -0.307 e. The Morgan fingerprint density at radius 2 is 2.09 bits per heavy atom. The van der Waals surface area contributed by atoms with Gasteiger partial charge in [0.05, 0.1) is 12.0 Å². The van der Waals surface area contributed by atoms with Gasteiger partial charge in [0.25, 0.3) is 5.91 Å². The Morgan fingerprint density at radius 1 is 1.26 bits per heavy atom. The molecule has 1 aromatic carbocycles. The Kier molecular flexibility index (Phi) is 3.42. The normalized spacial score (nSPS) is 13.1. The number of carbonyl (C=O) groups excluding carboxylic acids is 1. The summed E-state index contributed by atoms with van der Waals surface area (Å²) in [6.45, 7) is 0. The monoisotopic (exact) mass is 325 g/mol. The Labute approximate surface area is 137 Å². The van der Waals surface area contributed by atoms with Crippen molar-refractivity contribution in [1.29, 1.82) is 0 Å². The van der Waals surface area contributed by atoms with Crippen molar-refractivity contribution >= 4 is 23.5 Å². The minimum atomic E-state index is -0.120. The van der Waals surface area contributed by atoms with E-state index >= 15 is 0 Å². The Bertz CT molecular complexity index is 851. The molecule has 0 saturated heterocycles. The van der Waals surface area contributed by atoms with Crippen molar-refractivity contribution in [2.24, 2.45) is 7.05 Å². The van der Waals surface area contributed by atoms with Crippen LogP contribution < -0.4 is 5.32 Å². The number of imidazole rings is 1. The lowest BCUT2D eigenvalue weighted by Gasteiger charge is -2.08. The third kappa shape index (κ3) is 2.53. The van der Waals surface area contributed by atoms with Crippen molar-refractivity contribution in [1.82, 2.24) is 19.3 Å². The molecule has 3 heterocycles. The molecule has 0 radical (unpaired) electrons. The number of hydrogen-bond acceptors (Lipinski definition) is 4. The molecule has 0 aliphatic carbocycles. The van der Waals surface area contributed by atoms with Gasteiger partial charge in [-0.3, -0.25) is 9.48 Å². The van der Waals surface area contributed by atoms with Gasteiger partial charge in [0, 0.05) is 47.8 Å². The Balaban J connectivity index is 1.56. The fourth-order valence-corrected chi connectivity index (χ4v) is 3.71. The van der Waals surface area contributed by atoms with E-state index in [0.717, 1.165) is 34.3 Å². The van der Waals surface area contributed by atoms with Gasteiger partial charge >= 0.3 is 0 Å². The average Bonchev–Trinajstić information content (AvgIpc) is 3.28. The fourth-order valence-electron chi connectivity index (χ4n) is 2.67. The van der Waals surface area contributed by atoms with E-state index in [1.165, 1.54) is 0 Å². The van der Waals surface area contributed by atoms with E-state index in [2.05, 4.69) is 15.4 Å². The molecule has 0 atom stereocenters. The fraction of sp³-hybridized carbons (Fsp3) is 0.188. The van der Waals surface area contributed by atoms with Crippen LogP contribution in [-0.2, 0) is 18.6 Å². The van der Waals surface area contributed by atoms with Gasteiger partial charge < -0.3 is 9.88 Å². The SMILES string of the molecule is Cn1nc2c(c1NC(=O)c1ccc(-n3ccnc3)cc1)CSC2. The quantitative estimate of drug-likeness (QED) is 0.804. The summed E-state index contributed by atoms with van der Waals surface area (Å²) in [4.78, 5) is 16.5. The lowest BCUT2D eigenvalue weighted by molar-refractivity contribution is 0.102. The maximum Gasteiger partial charge on any atom is 0.256 e. The summed E-state index contributed by atoms with van der Waals surface area (Å²) in [5, 5.41) is 7.45. The van der Waals surface area contributed by atoms with Crippen LogP contribution in [0, 0.1) is 0 Å². The molecule has 1 aliphatic heterocycles. The first-order chi connectivity index (χ1) is 11.2. The number of fused-ring (bicyclic) bond motifs is 1. The van der Waals surface area contributed by atoms with E-state index in [0.29, 0.717) is 5.56 Å². The molecule has 3 aromatic rings. The molecule has 6 nitrogen and oxygen atoms in total. The number of anilines is 1. The van der Waals surface area contributed by atoms with Crippen molar-refractivity contribution < 1.29 is 4.79 Å². The number of nitrogens with zero attached hydrogens (tertiary/aromatic N) is 4. The number of aromatic nitrogens is 4. The van der Waals surface area contributed by atoms with Gasteiger partial charge in [-0.2, -0.15) is 16.9 Å². The van der Waals surface area contributed by atoms with Gasteiger partial charge in [0.15, 0.2) is 0 Å². The van der Waals surface area contributed by atoms with Gasteiger partial charge in [-0.1, -0.05) is 0 Å². The Morgan fingerprint density at radius 3 is 2.83 bits per heavy atom. The molecule has 1 aliphatic rings. The summed E-state index contributed by atoms with van der Waals surface area (Å²) in [5.74, 6) is 2.50. The third-order valence-corrected chi connectivity index (χ3v) is 4.85. The summed E-state index contributed by atoms with van der Waals surface area (Å²) >= 11 is 1.82. The summed E-state index contributed by atoms with van der Waals surface area (Å²) in [6, 6.07) is 7.44. The third-order valence-electron chi connectivity index (χ3n) is 3.88. The second-order valence-electron chi connectivity index (χ2n) is 5.36. The first-order valence-corrected chi connectivity index (χ1v) is 8.40. The standard InChI is InChI=1S/C16H15N5OS/c1-20-15(13-8-23-9-14(13)19-20)18-16(22)11-2-4-12(5-3-11)21-7-6-17-10-21/h2-7,10H,8-9H2,1H3,(H,18,22). The van der Waals surface area contributed by atoms with E-state index in [9.17, 15) is 4.79 Å². The van der Waals surface area contributed by atoms with E-state index in [1.807, 2.05) is 53.8 Å². The zero-order chi connectivity index (χ0) is 15.8. The predicted molar refractivity (Wildman–Crippen MR) is 89.7 cm³/mol. The summed E-state index contributed by atoms with van der Waals surface area (Å²) in [7, 11) is 1.86. The molecule has 0 bridgehead atoms. The zero-order valence-corrected chi connectivity index (χ0v) is 13.4. The summed E-state index contributed by atoms with van der Waals surface area (Å²) < 4.78 is 3.65. The average molecular weight is 325 g/mol. The number of thioether (sulfide) groups is 1. The van der Waals surface area contributed by atoms with Crippen LogP contribution >= 0.6 is 11.8 Å². The number of hydrogen-bond donors (Lipinski definition) is 1. The molecule has 116 valence electrons. The van der Waals surface area contributed by atoms with Crippen LogP contribution in [0.2, 0.25) is 0 Å². The van der Waals surface area contributed by atoms with Crippen LogP contribution in [0.3, 0.4) is 0 Å². The van der Waals surface area contributed by atoms with Crippen LogP contribution in [0.15, 0.2) is 43.0 Å². The molecule has 23 heavy (non-hydrogen) atoms. The molecule has 4 rings (SSSR count). The number of carbonyl (C=O) groups is 1. The van der Waals surface area contributed by atoms with Gasteiger partial charge in [-0.05, 0) is 24.3 Å². The maximum absolute atomic E-state index is 12.5. The molecule has 0 spiro atoms. The first-order valence-electron chi connectivity index (χ1n) is 7.24. The largest absolute Gasteiger partial charge is 0.307 e. The van der Waals surface area contributed by atoms with Crippen LogP contribution in [0.5, 0.6) is 0 Å². The van der Waals surface area contributed by atoms with E-state index in [-0.39, 0.29) is 5.91 Å². The summed E-state index contributed by atoms with van der Waals surface area (Å²) in [6.07, 6.45) is 5.32. The number of benzene rings is 1. The number of nitrogens with one attached hydrogen (secondary N) is 1. The van der Waals surface area contributed by atoms with Crippen molar-refractivity contribution in [2.75, 3.05) is 5.32 Å². The first kappa shape index (κ1) is 14.1. The van der Waals surface area contributed by atoms with Crippen LogP contribution in [-0.4, -0.2) is 25.2 Å². The number of rotatable bonds is 3. The second kappa shape index (κ2) is 5.58. The molecule has 1 amide bonds. The lowest BCUT2D eigenvalue weighted by Crippen LogP contribution is -2.15. The molecule has 0 unspecified atom stereocenters. The second-order valence-corrected chi connectivity index (χ2v) is 6.35. The lowest BCUT2D eigenvalue weighted by atomic mass is 10.2. The predicted octanol–water partition coefficient (Wildman–Crippen LogP) is 2.60. The molecule has 0 fully saturated rings. The molecule has 7 heteroatoms. The van der Waals surface area contributed by atoms with Crippen molar-refractivity contribution in [3.05, 3.63) is 59.8 Å². The highest BCUT2D eigenvalue weighted by molar-refractivity contribution is 7.98. The highest BCUT2D eigenvalue weighted by Crippen LogP contribution is 2.34. The minimum absolute atomic E-state index is 0.120.